The Bertz CT molecular complexity index is 661. The number of hydrogen-bond donors (Lipinski definition) is 0. The average Bonchev–Trinajstić information content (AvgIpc) is 3.06. The first-order valence-electron chi connectivity index (χ1n) is 11.7. The fraction of sp³-hybridized carbons (Fsp3) is 0.667. The van der Waals surface area contributed by atoms with Gasteiger partial charge in [0.05, 0.1) is 6.54 Å². The molecule has 0 N–H and O–H groups in total. The van der Waals surface area contributed by atoms with Crippen molar-refractivity contribution in [3.8, 4) is 0 Å². The summed E-state index contributed by atoms with van der Waals surface area (Å²) < 4.78 is 0. The summed E-state index contributed by atoms with van der Waals surface area (Å²) in [6, 6.07) is 9.88. The van der Waals surface area contributed by atoms with Crippen molar-refractivity contribution in [2.75, 3.05) is 58.9 Å². The molecule has 2 fully saturated rings. The van der Waals surface area contributed by atoms with Crippen LogP contribution in [0.1, 0.15) is 51.1 Å². The van der Waals surface area contributed by atoms with Crippen molar-refractivity contribution < 1.29 is 9.59 Å². The van der Waals surface area contributed by atoms with Gasteiger partial charge in [0.15, 0.2) is 0 Å². The monoisotopic (exact) mass is 414 g/mol. The third kappa shape index (κ3) is 5.82. The number of nitrogens with zero attached hydrogens (tertiary/aromatic N) is 4. The molecule has 0 spiro atoms. The molecule has 0 bridgehead atoms. The zero-order valence-corrected chi connectivity index (χ0v) is 18.8. The van der Waals surface area contributed by atoms with Crippen LogP contribution in [-0.2, 0) is 9.59 Å². The minimum Gasteiger partial charge on any atom is -0.342 e. The summed E-state index contributed by atoms with van der Waals surface area (Å²) in [6.45, 7) is 11.1. The van der Waals surface area contributed by atoms with Crippen LogP contribution in [0.2, 0.25) is 0 Å². The first-order chi connectivity index (χ1) is 14.6. The lowest BCUT2D eigenvalue weighted by molar-refractivity contribution is -0.139. The second-order valence-corrected chi connectivity index (χ2v) is 8.43. The summed E-state index contributed by atoms with van der Waals surface area (Å²) in [6.07, 6.45) is 4.74. The van der Waals surface area contributed by atoms with Crippen molar-refractivity contribution in [3.05, 3.63) is 35.9 Å². The number of hydrogen-bond acceptors (Lipinski definition) is 4. The summed E-state index contributed by atoms with van der Waals surface area (Å²) in [4.78, 5) is 34.6. The van der Waals surface area contributed by atoms with Gasteiger partial charge in [0.25, 0.3) is 0 Å². The normalized spacial score (nSPS) is 19.9. The Kier molecular flexibility index (Phi) is 8.70. The zero-order chi connectivity index (χ0) is 21.3. The van der Waals surface area contributed by atoms with E-state index in [2.05, 4.69) is 26.8 Å². The maximum absolute atomic E-state index is 13.3. The van der Waals surface area contributed by atoms with Crippen LogP contribution >= 0.6 is 0 Å². The maximum Gasteiger partial charge on any atom is 0.244 e. The highest BCUT2D eigenvalue weighted by Crippen LogP contribution is 2.25. The lowest BCUT2D eigenvalue weighted by atomic mass is 10.0. The molecule has 1 aromatic carbocycles. The van der Waals surface area contributed by atoms with Gasteiger partial charge >= 0.3 is 0 Å². The molecular formula is C24H38N4O2. The van der Waals surface area contributed by atoms with Crippen molar-refractivity contribution in [3.63, 3.8) is 0 Å². The first kappa shape index (κ1) is 22.8. The summed E-state index contributed by atoms with van der Waals surface area (Å²) >= 11 is 0. The van der Waals surface area contributed by atoms with E-state index in [1.807, 2.05) is 36.9 Å². The Morgan fingerprint density at radius 1 is 0.867 bits per heavy atom. The Hall–Kier alpha value is -1.92. The average molecular weight is 415 g/mol. The molecule has 1 aromatic rings. The van der Waals surface area contributed by atoms with Crippen molar-refractivity contribution in [1.29, 1.82) is 0 Å². The Labute approximate surface area is 181 Å². The van der Waals surface area contributed by atoms with Crippen molar-refractivity contribution in [2.24, 2.45) is 0 Å². The van der Waals surface area contributed by atoms with Gasteiger partial charge in [-0.2, -0.15) is 0 Å². The molecule has 3 rings (SSSR count). The van der Waals surface area contributed by atoms with E-state index in [0.29, 0.717) is 6.54 Å². The predicted octanol–water partition coefficient (Wildman–Crippen LogP) is 2.62. The predicted molar refractivity (Wildman–Crippen MR) is 120 cm³/mol. The van der Waals surface area contributed by atoms with Crippen LogP contribution < -0.4 is 0 Å². The molecule has 1 atom stereocenters. The van der Waals surface area contributed by atoms with Gasteiger partial charge in [0, 0.05) is 52.4 Å². The molecule has 1 unspecified atom stereocenters. The first-order valence-corrected chi connectivity index (χ1v) is 11.7. The Balaban J connectivity index is 1.61. The number of piperazine rings is 1. The highest BCUT2D eigenvalue weighted by Gasteiger charge is 2.33. The number of likely N-dealkylation sites (tertiary alicyclic amines) is 1. The van der Waals surface area contributed by atoms with E-state index in [1.165, 1.54) is 12.8 Å². The van der Waals surface area contributed by atoms with Crippen molar-refractivity contribution in [1.82, 2.24) is 19.6 Å². The molecule has 30 heavy (non-hydrogen) atoms. The lowest BCUT2D eigenvalue weighted by Gasteiger charge is -2.40. The number of benzene rings is 1. The topological polar surface area (TPSA) is 47.1 Å². The minimum absolute atomic E-state index is 0.181. The molecule has 166 valence electrons. The maximum atomic E-state index is 13.3. The number of amides is 2. The summed E-state index contributed by atoms with van der Waals surface area (Å²) in [5.74, 6) is 0.449. The van der Waals surface area contributed by atoms with E-state index in [4.69, 9.17) is 0 Å². The SMILES string of the molecule is CCN(CC)C(=O)C(c1ccccc1)N1CCN(CC(=O)N2CCCCCC2)CC1. The molecule has 2 aliphatic heterocycles. The van der Waals surface area contributed by atoms with E-state index in [0.717, 1.165) is 70.8 Å². The molecule has 2 amide bonds. The molecule has 0 saturated carbocycles. The quantitative estimate of drug-likeness (QED) is 0.688. The Morgan fingerprint density at radius 2 is 1.47 bits per heavy atom. The van der Waals surface area contributed by atoms with Gasteiger partial charge < -0.3 is 9.80 Å². The number of rotatable bonds is 7. The van der Waals surface area contributed by atoms with Crippen LogP contribution in [-0.4, -0.2) is 90.3 Å². The zero-order valence-electron chi connectivity index (χ0n) is 18.8. The molecule has 0 aromatic heterocycles. The second kappa shape index (κ2) is 11.5. The highest BCUT2D eigenvalue weighted by molar-refractivity contribution is 5.83. The standard InChI is InChI=1S/C24H38N4O2/c1-3-26(4-2)24(30)23(21-12-8-7-9-13-21)28-18-16-25(17-19-28)20-22(29)27-14-10-5-6-11-15-27/h7-9,12-13,23H,3-6,10-11,14-20H2,1-2H3. The molecule has 6 nitrogen and oxygen atoms in total. The molecule has 2 saturated heterocycles. The summed E-state index contributed by atoms with van der Waals surface area (Å²) in [7, 11) is 0. The fourth-order valence-corrected chi connectivity index (χ4v) is 4.64. The van der Waals surface area contributed by atoms with Gasteiger partial charge in [-0.15, -0.1) is 0 Å². The van der Waals surface area contributed by atoms with Crippen LogP contribution in [0.5, 0.6) is 0 Å². The van der Waals surface area contributed by atoms with Crippen LogP contribution in [0.4, 0.5) is 0 Å². The van der Waals surface area contributed by atoms with Crippen LogP contribution in [0.25, 0.3) is 0 Å². The van der Waals surface area contributed by atoms with E-state index < -0.39 is 0 Å². The smallest absolute Gasteiger partial charge is 0.244 e. The number of likely N-dealkylation sites (N-methyl/N-ethyl adjacent to an activating group) is 1. The van der Waals surface area contributed by atoms with Crippen molar-refractivity contribution in [2.45, 2.75) is 45.6 Å². The minimum atomic E-state index is -0.241. The van der Waals surface area contributed by atoms with Gasteiger partial charge in [0.2, 0.25) is 11.8 Å². The number of carbonyl (C=O) groups is 2. The lowest BCUT2D eigenvalue weighted by Crippen LogP contribution is -2.53. The third-order valence-corrected chi connectivity index (χ3v) is 6.51. The van der Waals surface area contributed by atoms with E-state index in [9.17, 15) is 9.59 Å². The molecule has 0 aliphatic carbocycles. The van der Waals surface area contributed by atoms with Crippen LogP contribution in [0, 0.1) is 0 Å². The molecule has 6 heteroatoms. The molecule has 2 aliphatic rings. The van der Waals surface area contributed by atoms with Gasteiger partial charge in [-0.05, 0) is 32.3 Å². The fourth-order valence-electron chi connectivity index (χ4n) is 4.64. The van der Waals surface area contributed by atoms with Gasteiger partial charge in [-0.1, -0.05) is 43.2 Å². The van der Waals surface area contributed by atoms with Gasteiger partial charge in [0.1, 0.15) is 6.04 Å². The highest BCUT2D eigenvalue weighted by atomic mass is 16.2. The second-order valence-electron chi connectivity index (χ2n) is 8.43. The Morgan fingerprint density at radius 3 is 2.03 bits per heavy atom. The van der Waals surface area contributed by atoms with Gasteiger partial charge in [-0.3, -0.25) is 19.4 Å². The van der Waals surface area contributed by atoms with Crippen LogP contribution in [0.15, 0.2) is 30.3 Å². The van der Waals surface area contributed by atoms with Crippen LogP contribution in [0.3, 0.4) is 0 Å². The third-order valence-electron chi connectivity index (χ3n) is 6.51. The summed E-state index contributed by atoms with van der Waals surface area (Å²) in [5.41, 5.74) is 1.06. The molecule has 0 radical (unpaired) electrons. The largest absolute Gasteiger partial charge is 0.342 e. The summed E-state index contributed by atoms with van der Waals surface area (Å²) in [5, 5.41) is 0. The molecular weight excluding hydrogens is 376 g/mol. The number of carbonyl (C=O) groups excluding carboxylic acids is 2. The molecule has 2 heterocycles. The van der Waals surface area contributed by atoms with Crippen molar-refractivity contribution >= 4 is 11.8 Å². The van der Waals surface area contributed by atoms with Gasteiger partial charge in [-0.25, -0.2) is 0 Å². The van der Waals surface area contributed by atoms with E-state index in [-0.39, 0.29) is 17.9 Å². The van der Waals surface area contributed by atoms with E-state index >= 15 is 0 Å². The van der Waals surface area contributed by atoms with E-state index in [1.54, 1.807) is 0 Å².